The van der Waals surface area contributed by atoms with Crippen molar-refractivity contribution in [2.24, 2.45) is 14.1 Å². The summed E-state index contributed by atoms with van der Waals surface area (Å²) in [5.41, 5.74) is -0.129. The molecule has 2 aromatic heterocycles. The van der Waals surface area contributed by atoms with Crippen molar-refractivity contribution in [3.05, 3.63) is 35.0 Å². The van der Waals surface area contributed by atoms with E-state index in [-0.39, 0.29) is 17.6 Å². The summed E-state index contributed by atoms with van der Waals surface area (Å²) in [6.45, 7) is 1.31. The molecular weight excluding hydrogens is 310 g/mol. The Balaban J connectivity index is 1.62. The van der Waals surface area contributed by atoms with E-state index >= 15 is 0 Å². The third-order valence-electron chi connectivity index (χ3n) is 4.01. The van der Waals surface area contributed by atoms with Crippen LogP contribution >= 0.6 is 0 Å². The molecule has 1 saturated heterocycles. The fourth-order valence-corrected chi connectivity index (χ4v) is 2.81. The van der Waals surface area contributed by atoms with E-state index in [0.29, 0.717) is 18.2 Å². The van der Waals surface area contributed by atoms with Crippen molar-refractivity contribution in [2.45, 2.75) is 18.9 Å². The second kappa shape index (κ2) is 6.73. The topological polar surface area (TPSA) is 97.1 Å². The number of hydrogen-bond acceptors (Lipinski definition) is 5. The highest BCUT2D eigenvalue weighted by Crippen LogP contribution is 2.14. The molecule has 0 spiro atoms. The van der Waals surface area contributed by atoms with Gasteiger partial charge in [0.25, 0.3) is 5.56 Å². The first-order chi connectivity index (χ1) is 11.5. The number of carbonyl (C=O) groups excluding carboxylic acids is 1. The molecule has 2 aromatic rings. The van der Waals surface area contributed by atoms with Crippen LogP contribution in [0.15, 0.2) is 29.5 Å². The van der Waals surface area contributed by atoms with Crippen molar-refractivity contribution in [1.29, 1.82) is 0 Å². The summed E-state index contributed by atoms with van der Waals surface area (Å²) >= 11 is 0. The fourth-order valence-electron chi connectivity index (χ4n) is 2.81. The first-order valence-electron chi connectivity index (χ1n) is 7.86. The van der Waals surface area contributed by atoms with E-state index in [2.05, 4.69) is 20.7 Å². The standard InChI is InChI=1S/C15H21N7O2/c1-20-9-6-16-13(14(20)23)22-7-3-4-11(10-22)17-15(24)18-12-5-8-21(2)19-12/h5-6,8-9,11H,3-4,7,10H2,1-2H3,(H2,17,18,19,24). The van der Waals surface area contributed by atoms with Crippen LogP contribution in [-0.2, 0) is 14.1 Å². The van der Waals surface area contributed by atoms with Crippen LogP contribution in [0.4, 0.5) is 16.4 Å². The number of urea groups is 1. The van der Waals surface area contributed by atoms with E-state index in [9.17, 15) is 9.59 Å². The lowest BCUT2D eigenvalue weighted by Crippen LogP contribution is -2.50. The Morgan fingerprint density at radius 1 is 1.33 bits per heavy atom. The molecule has 0 saturated carbocycles. The molecule has 24 heavy (non-hydrogen) atoms. The minimum Gasteiger partial charge on any atom is -0.350 e. The highest BCUT2D eigenvalue weighted by molar-refractivity contribution is 5.88. The first-order valence-corrected chi connectivity index (χ1v) is 7.86. The summed E-state index contributed by atoms with van der Waals surface area (Å²) in [6, 6.07) is 1.38. The molecule has 0 aliphatic carbocycles. The van der Waals surface area contributed by atoms with Gasteiger partial charge in [-0.3, -0.25) is 14.8 Å². The van der Waals surface area contributed by atoms with E-state index in [0.717, 1.165) is 19.4 Å². The van der Waals surface area contributed by atoms with Crippen LogP contribution in [0.2, 0.25) is 0 Å². The van der Waals surface area contributed by atoms with Crippen molar-refractivity contribution in [1.82, 2.24) is 24.6 Å². The zero-order chi connectivity index (χ0) is 17.1. The third kappa shape index (κ3) is 3.55. The monoisotopic (exact) mass is 331 g/mol. The fraction of sp³-hybridized carbons (Fsp3) is 0.467. The van der Waals surface area contributed by atoms with Crippen molar-refractivity contribution < 1.29 is 4.79 Å². The molecule has 128 valence electrons. The van der Waals surface area contributed by atoms with E-state index in [1.807, 2.05) is 4.90 Å². The number of aryl methyl sites for hydroxylation is 2. The lowest BCUT2D eigenvalue weighted by Gasteiger charge is -2.33. The number of hydrogen-bond donors (Lipinski definition) is 2. The predicted octanol–water partition coefficient (Wildman–Crippen LogP) is 0.304. The summed E-state index contributed by atoms with van der Waals surface area (Å²) in [7, 11) is 3.49. The lowest BCUT2D eigenvalue weighted by atomic mass is 10.1. The van der Waals surface area contributed by atoms with Gasteiger partial charge in [-0.1, -0.05) is 0 Å². The number of piperidine rings is 1. The van der Waals surface area contributed by atoms with E-state index in [1.165, 1.54) is 4.57 Å². The number of rotatable bonds is 3. The number of amides is 2. The molecule has 1 unspecified atom stereocenters. The molecule has 1 fully saturated rings. The number of aromatic nitrogens is 4. The second-order valence-corrected chi connectivity index (χ2v) is 5.93. The van der Waals surface area contributed by atoms with E-state index in [1.54, 1.807) is 43.4 Å². The molecule has 2 amide bonds. The van der Waals surface area contributed by atoms with Gasteiger partial charge < -0.3 is 14.8 Å². The summed E-state index contributed by atoms with van der Waals surface area (Å²) in [5, 5.41) is 9.74. The molecule has 0 bridgehead atoms. The molecule has 3 heterocycles. The van der Waals surface area contributed by atoms with Gasteiger partial charge in [-0.15, -0.1) is 0 Å². The molecule has 9 nitrogen and oxygen atoms in total. The zero-order valence-electron chi connectivity index (χ0n) is 13.8. The Morgan fingerprint density at radius 2 is 2.17 bits per heavy atom. The van der Waals surface area contributed by atoms with Gasteiger partial charge in [0.2, 0.25) is 0 Å². The largest absolute Gasteiger partial charge is 0.350 e. The lowest BCUT2D eigenvalue weighted by molar-refractivity contribution is 0.246. The molecule has 2 N–H and O–H groups in total. The Morgan fingerprint density at radius 3 is 2.92 bits per heavy atom. The third-order valence-corrected chi connectivity index (χ3v) is 4.01. The number of anilines is 2. The van der Waals surface area contributed by atoms with Crippen molar-refractivity contribution in [3.63, 3.8) is 0 Å². The molecule has 1 aliphatic heterocycles. The van der Waals surface area contributed by atoms with Crippen LogP contribution in [0, 0.1) is 0 Å². The smallest absolute Gasteiger partial charge is 0.320 e. The van der Waals surface area contributed by atoms with Crippen molar-refractivity contribution in [3.8, 4) is 0 Å². The minimum absolute atomic E-state index is 0.0471. The molecule has 3 rings (SSSR count). The highest BCUT2D eigenvalue weighted by Gasteiger charge is 2.24. The number of carbonyl (C=O) groups is 1. The second-order valence-electron chi connectivity index (χ2n) is 5.93. The van der Waals surface area contributed by atoms with E-state index < -0.39 is 0 Å². The first kappa shape index (κ1) is 16.0. The normalized spacial score (nSPS) is 17.6. The van der Waals surface area contributed by atoms with Gasteiger partial charge in [-0.2, -0.15) is 5.10 Å². The Bertz CT molecular complexity index is 782. The summed E-state index contributed by atoms with van der Waals surface area (Å²) < 4.78 is 3.13. The van der Waals surface area contributed by atoms with Crippen molar-refractivity contribution >= 4 is 17.7 Å². The average molecular weight is 331 g/mol. The van der Waals surface area contributed by atoms with Gasteiger partial charge in [0, 0.05) is 57.9 Å². The van der Waals surface area contributed by atoms with Gasteiger partial charge in [-0.25, -0.2) is 9.78 Å². The van der Waals surface area contributed by atoms with Crippen LogP contribution in [0.5, 0.6) is 0 Å². The van der Waals surface area contributed by atoms with Crippen LogP contribution < -0.4 is 21.1 Å². The quantitative estimate of drug-likeness (QED) is 0.843. The van der Waals surface area contributed by atoms with Crippen LogP contribution in [-0.4, -0.2) is 44.5 Å². The molecular formula is C15H21N7O2. The van der Waals surface area contributed by atoms with Crippen LogP contribution in [0.3, 0.4) is 0 Å². The maximum atomic E-state index is 12.2. The summed E-state index contributed by atoms with van der Waals surface area (Å²) in [5.74, 6) is 0.929. The molecule has 0 aromatic carbocycles. The predicted molar refractivity (Wildman–Crippen MR) is 90.1 cm³/mol. The Labute approximate surface area is 139 Å². The maximum Gasteiger partial charge on any atom is 0.320 e. The number of nitrogens with zero attached hydrogens (tertiary/aromatic N) is 5. The summed E-state index contributed by atoms with van der Waals surface area (Å²) in [6.07, 6.45) is 6.75. The van der Waals surface area contributed by atoms with Gasteiger partial charge in [0.1, 0.15) is 0 Å². The minimum atomic E-state index is -0.297. The summed E-state index contributed by atoms with van der Waals surface area (Å²) in [4.78, 5) is 30.4. The SMILES string of the molecule is Cn1ccc(NC(=O)NC2CCCN(c3nccn(C)c3=O)C2)n1. The van der Waals surface area contributed by atoms with Gasteiger partial charge in [0.05, 0.1) is 0 Å². The maximum absolute atomic E-state index is 12.2. The Hall–Kier alpha value is -2.84. The van der Waals surface area contributed by atoms with Gasteiger partial charge >= 0.3 is 6.03 Å². The molecule has 1 aliphatic rings. The Kier molecular flexibility index (Phi) is 4.50. The van der Waals surface area contributed by atoms with Gasteiger partial charge in [0.15, 0.2) is 11.6 Å². The van der Waals surface area contributed by atoms with E-state index in [4.69, 9.17) is 0 Å². The van der Waals surface area contributed by atoms with Crippen molar-refractivity contribution in [2.75, 3.05) is 23.3 Å². The zero-order valence-corrected chi connectivity index (χ0v) is 13.8. The highest BCUT2D eigenvalue weighted by atomic mass is 16.2. The van der Waals surface area contributed by atoms with Gasteiger partial charge in [-0.05, 0) is 12.8 Å². The van der Waals surface area contributed by atoms with Crippen LogP contribution in [0.25, 0.3) is 0 Å². The molecule has 9 heteroatoms. The van der Waals surface area contributed by atoms with Crippen LogP contribution in [0.1, 0.15) is 12.8 Å². The molecule has 0 radical (unpaired) electrons. The average Bonchev–Trinajstić information content (AvgIpc) is 2.95. The molecule has 1 atom stereocenters. The number of nitrogens with one attached hydrogen (secondary N) is 2.